The van der Waals surface area contributed by atoms with E-state index in [1.54, 1.807) is 36.4 Å². The standard InChI is InChI=1S/C25H26ClN3O3/c1-15-7-9-28(10-8-15)23(30)18-5-4-6-19(14-18)27-22-21(26)24(31)29(25(22)32)20-12-16(2)11-17(3)13-20/h4-6,11-15,27H,7-10H2,1-3H3. The fourth-order valence-corrected chi connectivity index (χ4v) is 4.41. The molecule has 3 amide bonds. The van der Waals surface area contributed by atoms with Gasteiger partial charge in [0.25, 0.3) is 17.7 Å². The predicted molar refractivity (Wildman–Crippen MR) is 126 cm³/mol. The van der Waals surface area contributed by atoms with E-state index in [0.29, 0.717) is 22.9 Å². The molecule has 0 saturated carbocycles. The fraction of sp³-hybridized carbons (Fsp3) is 0.320. The van der Waals surface area contributed by atoms with Crippen molar-refractivity contribution in [2.75, 3.05) is 23.3 Å². The SMILES string of the molecule is Cc1cc(C)cc(N2C(=O)C(Cl)=C(Nc3cccc(C(=O)N4CCC(C)CC4)c3)C2=O)c1. The average Bonchev–Trinajstić information content (AvgIpc) is 2.96. The third-order valence-electron chi connectivity index (χ3n) is 5.94. The van der Waals surface area contributed by atoms with Gasteiger partial charge in [0.05, 0.1) is 5.69 Å². The zero-order valence-corrected chi connectivity index (χ0v) is 19.2. The number of hydrogen-bond donors (Lipinski definition) is 1. The summed E-state index contributed by atoms with van der Waals surface area (Å²) in [7, 11) is 0. The number of carbonyl (C=O) groups is 3. The van der Waals surface area contributed by atoms with Crippen LogP contribution in [0.4, 0.5) is 11.4 Å². The van der Waals surface area contributed by atoms with Crippen LogP contribution in [0, 0.1) is 19.8 Å². The number of nitrogens with one attached hydrogen (secondary N) is 1. The molecule has 0 atom stereocenters. The number of carbonyl (C=O) groups excluding carboxylic acids is 3. The van der Waals surface area contributed by atoms with Crippen LogP contribution in [-0.2, 0) is 9.59 Å². The molecule has 1 N–H and O–H groups in total. The number of rotatable bonds is 4. The number of likely N-dealkylation sites (tertiary alicyclic amines) is 1. The molecule has 166 valence electrons. The molecule has 32 heavy (non-hydrogen) atoms. The lowest BCUT2D eigenvalue weighted by molar-refractivity contribution is -0.120. The van der Waals surface area contributed by atoms with Gasteiger partial charge in [0.1, 0.15) is 10.7 Å². The van der Waals surface area contributed by atoms with Crippen LogP contribution in [-0.4, -0.2) is 35.7 Å². The van der Waals surface area contributed by atoms with Gasteiger partial charge in [0, 0.05) is 24.3 Å². The van der Waals surface area contributed by atoms with Crippen LogP contribution in [0.2, 0.25) is 0 Å². The van der Waals surface area contributed by atoms with E-state index < -0.39 is 11.8 Å². The summed E-state index contributed by atoms with van der Waals surface area (Å²) in [5.74, 6) is -0.496. The average molecular weight is 452 g/mol. The van der Waals surface area contributed by atoms with Crippen LogP contribution in [0.15, 0.2) is 53.2 Å². The third-order valence-corrected chi connectivity index (χ3v) is 6.29. The van der Waals surface area contributed by atoms with Gasteiger partial charge in [-0.3, -0.25) is 14.4 Å². The van der Waals surface area contributed by atoms with Crippen molar-refractivity contribution in [3.63, 3.8) is 0 Å². The number of piperidine rings is 1. The van der Waals surface area contributed by atoms with Crippen molar-refractivity contribution in [2.45, 2.75) is 33.6 Å². The van der Waals surface area contributed by atoms with E-state index in [-0.39, 0.29) is 16.6 Å². The number of aryl methyl sites for hydroxylation is 2. The van der Waals surface area contributed by atoms with E-state index in [2.05, 4.69) is 12.2 Å². The Morgan fingerprint density at radius 1 is 1.00 bits per heavy atom. The molecular weight excluding hydrogens is 426 g/mol. The van der Waals surface area contributed by atoms with Crippen LogP contribution in [0.5, 0.6) is 0 Å². The van der Waals surface area contributed by atoms with Gasteiger partial charge in [-0.1, -0.05) is 30.7 Å². The highest BCUT2D eigenvalue weighted by atomic mass is 35.5. The van der Waals surface area contributed by atoms with E-state index in [1.165, 1.54) is 0 Å². The summed E-state index contributed by atoms with van der Waals surface area (Å²) in [4.78, 5) is 41.7. The summed E-state index contributed by atoms with van der Waals surface area (Å²) in [6.45, 7) is 7.49. The summed E-state index contributed by atoms with van der Waals surface area (Å²) in [5.41, 5.74) is 3.43. The summed E-state index contributed by atoms with van der Waals surface area (Å²) in [6.07, 6.45) is 1.99. The second-order valence-corrected chi connectivity index (χ2v) is 9.04. The summed E-state index contributed by atoms with van der Waals surface area (Å²) >= 11 is 6.27. The normalized spacial score (nSPS) is 17.4. The Bertz CT molecular complexity index is 1110. The molecule has 4 rings (SSSR count). The minimum absolute atomic E-state index is 0.00669. The van der Waals surface area contributed by atoms with Crippen molar-refractivity contribution >= 4 is 40.7 Å². The number of imide groups is 1. The van der Waals surface area contributed by atoms with E-state index >= 15 is 0 Å². The van der Waals surface area contributed by atoms with Gasteiger partial charge < -0.3 is 10.2 Å². The second-order valence-electron chi connectivity index (χ2n) is 8.66. The lowest BCUT2D eigenvalue weighted by Crippen LogP contribution is -2.37. The second kappa shape index (κ2) is 8.79. The quantitative estimate of drug-likeness (QED) is 0.689. The topological polar surface area (TPSA) is 69.7 Å². The first-order valence-electron chi connectivity index (χ1n) is 10.8. The molecule has 2 aromatic carbocycles. The zero-order chi connectivity index (χ0) is 23.0. The molecule has 7 heteroatoms. The minimum Gasteiger partial charge on any atom is -0.350 e. The molecule has 0 unspecified atom stereocenters. The molecule has 2 heterocycles. The molecule has 0 spiro atoms. The Labute approximate surface area is 192 Å². The highest BCUT2D eigenvalue weighted by Crippen LogP contribution is 2.31. The molecule has 6 nitrogen and oxygen atoms in total. The first-order chi connectivity index (χ1) is 15.2. The first-order valence-corrected chi connectivity index (χ1v) is 11.2. The molecule has 1 saturated heterocycles. The number of benzene rings is 2. The van der Waals surface area contributed by atoms with Crippen molar-refractivity contribution in [1.82, 2.24) is 4.90 Å². The lowest BCUT2D eigenvalue weighted by Gasteiger charge is -2.30. The Morgan fingerprint density at radius 3 is 2.31 bits per heavy atom. The maximum Gasteiger partial charge on any atom is 0.283 e. The molecule has 0 aromatic heterocycles. The first kappa shape index (κ1) is 22.1. The Hall–Kier alpha value is -3.12. The van der Waals surface area contributed by atoms with Crippen molar-refractivity contribution in [1.29, 1.82) is 0 Å². The smallest absolute Gasteiger partial charge is 0.283 e. The maximum absolute atomic E-state index is 13.1. The molecule has 0 radical (unpaired) electrons. The van der Waals surface area contributed by atoms with Crippen molar-refractivity contribution in [2.24, 2.45) is 5.92 Å². The van der Waals surface area contributed by atoms with Gasteiger partial charge in [0.15, 0.2) is 0 Å². The number of nitrogens with zero attached hydrogens (tertiary/aromatic N) is 2. The Morgan fingerprint density at radius 2 is 1.66 bits per heavy atom. The maximum atomic E-state index is 13.1. The summed E-state index contributed by atoms with van der Waals surface area (Å²) in [5, 5.41) is 2.80. The number of amides is 3. The van der Waals surface area contributed by atoms with Gasteiger partial charge in [0.2, 0.25) is 0 Å². The largest absolute Gasteiger partial charge is 0.350 e. The molecule has 1 fully saturated rings. The van der Waals surface area contributed by atoms with E-state index in [0.717, 1.165) is 42.0 Å². The van der Waals surface area contributed by atoms with Gasteiger partial charge in [-0.25, -0.2) is 4.90 Å². The van der Waals surface area contributed by atoms with Crippen molar-refractivity contribution in [3.05, 3.63) is 69.9 Å². The highest BCUT2D eigenvalue weighted by Gasteiger charge is 2.39. The molecule has 0 aliphatic carbocycles. The number of anilines is 2. The fourth-order valence-electron chi connectivity index (χ4n) is 4.19. The van der Waals surface area contributed by atoms with Crippen LogP contribution < -0.4 is 10.2 Å². The van der Waals surface area contributed by atoms with Crippen LogP contribution >= 0.6 is 11.6 Å². The van der Waals surface area contributed by atoms with E-state index in [9.17, 15) is 14.4 Å². The van der Waals surface area contributed by atoms with Gasteiger partial charge in [-0.15, -0.1) is 0 Å². The van der Waals surface area contributed by atoms with Gasteiger partial charge in [-0.2, -0.15) is 0 Å². The lowest BCUT2D eigenvalue weighted by atomic mass is 9.98. The third kappa shape index (κ3) is 4.28. The summed E-state index contributed by atoms with van der Waals surface area (Å²) in [6, 6.07) is 12.4. The van der Waals surface area contributed by atoms with Gasteiger partial charge >= 0.3 is 0 Å². The molecule has 2 aliphatic heterocycles. The highest BCUT2D eigenvalue weighted by molar-refractivity contribution is 6.53. The molecular formula is C25H26ClN3O3. The van der Waals surface area contributed by atoms with E-state index in [1.807, 2.05) is 24.8 Å². The van der Waals surface area contributed by atoms with Crippen LogP contribution in [0.1, 0.15) is 41.3 Å². The minimum atomic E-state index is -0.571. The van der Waals surface area contributed by atoms with Gasteiger partial charge in [-0.05, 0) is 74.1 Å². The monoisotopic (exact) mass is 451 g/mol. The number of halogens is 1. The Balaban J connectivity index is 1.55. The van der Waals surface area contributed by atoms with E-state index in [4.69, 9.17) is 11.6 Å². The zero-order valence-electron chi connectivity index (χ0n) is 18.4. The Kier molecular flexibility index (Phi) is 6.07. The van der Waals surface area contributed by atoms with Crippen molar-refractivity contribution in [3.8, 4) is 0 Å². The van der Waals surface area contributed by atoms with Crippen LogP contribution in [0.3, 0.4) is 0 Å². The predicted octanol–water partition coefficient (Wildman–Crippen LogP) is 4.61. The summed E-state index contributed by atoms with van der Waals surface area (Å²) < 4.78 is 0. The number of hydrogen-bond acceptors (Lipinski definition) is 4. The molecule has 2 aromatic rings. The molecule has 2 aliphatic rings. The molecule has 0 bridgehead atoms. The van der Waals surface area contributed by atoms with Crippen molar-refractivity contribution < 1.29 is 14.4 Å². The van der Waals surface area contributed by atoms with Crippen LogP contribution in [0.25, 0.3) is 0 Å².